The van der Waals surface area contributed by atoms with Crippen LogP contribution < -0.4 is 10.2 Å². The van der Waals surface area contributed by atoms with Crippen LogP contribution in [0.4, 0.5) is 10.8 Å². The van der Waals surface area contributed by atoms with Crippen molar-refractivity contribution in [2.24, 2.45) is 4.99 Å². The number of para-hydroxylation sites is 1. The fourth-order valence-electron chi connectivity index (χ4n) is 2.66. The van der Waals surface area contributed by atoms with Crippen molar-refractivity contribution in [2.75, 3.05) is 11.4 Å². The molecule has 27 heavy (non-hydrogen) atoms. The summed E-state index contributed by atoms with van der Waals surface area (Å²) < 4.78 is 0. The first kappa shape index (κ1) is 19.3. The Labute approximate surface area is 166 Å². The number of aryl methyl sites for hydroxylation is 2. The lowest BCUT2D eigenvalue weighted by Crippen LogP contribution is -2.27. The lowest BCUT2D eigenvalue weighted by Gasteiger charge is -2.14. The second-order valence-electron chi connectivity index (χ2n) is 6.04. The van der Waals surface area contributed by atoms with Gasteiger partial charge in [0, 0.05) is 18.8 Å². The zero-order chi connectivity index (χ0) is 19.6. The summed E-state index contributed by atoms with van der Waals surface area (Å²) in [6.45, 7) is 7.96. The number of hydrogen-bond donors (Lipinski definition) is 1. The molecule has 0 unspecified atom stereocenters. The predicted molar refractivity (Wildman–Crippen MR) is 113 cm³/mol. The number of carbonyl (C=O) groups excluding carboxylic acids is 2. The smallest absolute Gasteiger partial charge is 0.264 e. The van der Waals surface area contributed by atoms with E-state index in [0.29, 0.717) is 27.4 Å². The van der Waals surface area contributed by atoms with E-state index in [1.807, 2.05) is 44.4 Å². The number of aromatic nitrogens is 1. The number of amides is 2. The molecule has 0 atom stereocenters. The van der Waals surface area contributed by atoms with Gasteiger partial charge in [0.25, 0.3) is 5.91 Å². The van der Waals surface area contributed by atoms with Crippen molar-refractivity contribution < 1.29 is 9.59 Å². The number of hydrogen-bond acceptors (Lipinski definition) is 6. The fourth-order valence-corrected chi connectivity index (χ4v) is 4.36. The molecule has 1 aromatic heterocycles. The van der Waals surface area contributed by atoms with Crippen molar-refractivity contribution in [3.8, 4) is 0 Å². The first-order valence-electron chi connectivity index (χ1n) is 8.48. The highest BCUT2D eigenvalue weighted by atomic mass is 32.2. The van der Waals surface area contributed by atoms with E-state index in [0.717, 1.165) is 16.8 Å². The Bertz CT molecular complexity index is 942. The normalized spacial score (nSPS) is 16.8. The van der Waals surface area contributed by atoms with Gasteiger partial charge in [-0.25, -0.2) is 9.98 Å². The first-order valence-corrected chi connectivity index (χ1v) is 10.2. The highest BCUT2D eigenvalue weighted by molar-refractivity contribution is 8.18. The Hall–Kier alpha value is -2.45. The Balaban J connectivity index is 1.83. The van der Waals surface area contributed by atoms with Gasteiger partial charge in [0.1, 0.15) is 0 Å². The van der Waals surface area contributed by atoms with E-state index in [9.17, 15) is 9.59 Å². The van der Waals surface area contributed by atoms with E-state index < -0.39 is 0 Å². The second-order valence-corrected chi connectivity index (χ2v) is 7.91. The number of nitrogens with zero attached hydrogens (tertiary/aromatic N) is 3. The van der Waals surface area contributed by atoms with Crippen LogP contribution in [-0.2, 0) is 9.59 Å². The van der Waals surface area contributed by atoms with Crippen LogP contribution in [0.15, 0.2) is 33.5 Å². The number of nitrogens with one attached hydrogen (secondary N) is 1. The fraction of sp³-hybridized carbons (Fsp3) is 0.263. The van der Waals surface area contributed by atoms with Crippen molar-refractivity contribution in [3.05, 3.63) is 45.3 Å². The van der Waals surface area contributed by atoms with Gasteiger partial charge in [-0.2, -0.15) is 0 Å². The Morgan fingerprint density at radius 2 is 2.04 bits per heavy atom. The molecule has 1 fully saturated rings. The molecule has 140 valence electrons. The molecule has 2 aromatic rings. The molecule has 8 heteroatoms. The van der Waals surface area contributed by atoms with E-state index in [1.165, 1.54) is 30.0 Å². The van der Waals surface area contributed by atoms with Crippen LogP contribution in [0.3, 0.4) is 0 Å². The minimum absolute atomic E-state index is 0.0537. The third kappa shape index (κ3) is 4.28. The van der Waals surface area contributed by atoms with Crippen LogP contribution in [0.5, 0.6) is 0 Å². The molecule has 2 amide bonds. The minimum Gasteiger partial charge on any atom is -0.300 e. The lowest BCUT2D eigenvalue weighted by atomic mass is 10.1. The van der Waals surface area contributed by atoms with Crippen molar-refractivity contribution in [2.45, 2.75) is 27.7 Å². The van der Waals surface area contributed by atoms with Gasteiger partial charge in [-0.05, 0) is 49.7 Å². The summed E-state index contributed by atoms with van der Waals surface area (Å²) >= 11 is 2.67. The Kier molecular flexibility index (Phi) is 5.76. The summed E-state index contributed by atoms with van der Waals surface area (Å²) in [6.07, 6.45) is 1.72. The van der Waals surface area contributed by atoms with E-state index in [-0.39, 0.29) is 11.8 Å². The van der Waals surface area contributed by atoms with Crippen molar-refractivity contribution >= 4 is 57.0 Å². The third-order valence-electron chi connectivity index (χ3n) is 4.02. The molecule has 1 saturated heterocycles. The summed E-state index contributed by atoms with van der Waals surface area (Å²) in [5, 5.41) is 5.82. The molecule has 3 rings (SSSR count). The highest BCUT2D eigenvalue weighted by Gasteiger charge is 2.25. The van der Waals surface area contributed by atoms with Gasteiger partial charge in [0.2, 0.25) is 5.91 Å². The molecule has 0 spiro atoms. The number of rotatable bonds is 4. The van der Waals surface area contributed by atoms with E-state index in [2.05, 4.69) is 15.3 Å². The van der Waals surface area contributed by atoms with Crippen molar-refractivity contribution in [1.29, 1.82) is 0 Å². The molecule has 0 radical (unpaired) electrons. The van der Waals surface area contributed by atoms with Gasteiger partial charge < -0.3 is 5.32 Å². The van der Waals surface area contributed by atoms with Crippen LogP contribution in [0, 0.1) is 13.8 Å². The molecule has 0 aliphatic carbocycles. The minimum atomic E-state index is -0.196. The summed E-state index contributed by atoms with van der Waals surface area (Å²) in [6, 6.07) is 5.98. The first-order chi connectivity index (χ1) is 12.9. The average molecular weight is 401 g/mol. The monoisotopic (exact) mass is 400 g/mol. The maximum atomic E-state index is 12.3. The van der Waals surface area contributed by atoms with Gasteiger partial charge in [0.05, 0.1) is 16.3 Å². The molecule has 1 aliphatic rings. The number of thioether (sulfide) groups is 1. The number of amidine groups is 1. The largest absolute Gasteiger partial charge is 0.300 e. The molecular formula is C19H20N4O2S2. The Morgan fingerprint density at radius 1 is 1.33 bits per heavy atom. The molecule has 1 N–H and O–H groups in total. The standard InChI is InChI=1S/C19H20N4O2S2/c1-5-23(13(4)24)19-20-14(10-26-19)9-15-17(25)22-18(27-15)21-16-11(2)7-6-8-12(16)3/h6-10H,5H2,1-4H3,(H,21,22,25)/b15-9+. The van der Waals surface area contributed by atoms with E-state index in [1.54, 1.807) is 11.0 Å². The number of anilines is 1. The highest BCUT2D eigenvalue weighted by Crippen LogP contribution is 2.31. The molecule has 2 heterocycles. The van der Waals surface area contributed by atoms with Gasteiger partial charge in [-0.3, -0.25) is 14.5 Å². The summed E-state index contributed by atoms with van der Waals surface area (Å²) in [5.74, 6) is -0.250. The summed E-state index contributed by atoms with van der Waals surface area (Å²) in [5.41, 5.74) is 3.64. The van der Waals surface area contributed by atoms with Gasteiger partial charge in [-0.1, -0.05) is 18.2 Å². The number of carbonyl (C=O) groups is 2. The van der Waals surface area contributed by atoms with Crippen LogP contribution in [-0.4, -0.2) is 28.5 Å². The average Bonchev–Trinajstić information content (AvgIpc) is 3.19. The van der Waals surface area contributed by atoms with Crippen LogP contribution in [0.2, 0.25) is 0 Å². The zero-order valence-corrected chi connectivity index (χ0v) is 17.2. The lowest BCUT2D eigenvalue weighted by molar-refractivity contribution is -0.116. The second kappa shape index (κ2) is 8.06. The zero-order valence-electron chi connectivity index (χ0n) is 15.6. The molecule has 0 saturated carbocycles. The predicted octanol–water partition coefficient (Wildman–Crippen LogP) is 4.02. The SMILES string of the molecule is CCN(C(C)=O)c1nc(/C=C2/SC(=Nc3c(C)cccc3C)NC2=O)cs1. The van der Waals surface area contributed by atoms with Crippen LogP contribution in [0.25, 0.3) is 6.08 Å². The summed E-state index contributed by atoms with van der Waals surface area (Å²) in [4.78, 5) is 35.1. The van der Waals surface area contributed by atoms with Gasteiger partial charge in [0.15, 0.2) is 10.3 Å². The quantitative estimate of drug-likeness (QED) is 0.787. The summed E-state index contributed by atoms with van der Waals surface area (Å²) in [7, 11) is 0. The van der Waals surface area contributed by atoms with Gasteiger partial charge in [-0.15, -0.1) is 11.3 Å². The molecule has 0 bridgehead atoms. The number of aliphatic imine (C=N–C) groups is 1. The topological polar surface area (TPSA) is 74.7 Å². The molecule has 1 aromatic carbocycles. The van der Waals surface area contributed by atoms with Crippen molar-refractivity contribution in [3.63, 3.8) is 0 Å². The molecule has 6 nitrogen and oxygen atoms in total. The number of thiazole rings is 1. The third-order valence-corrected chi connectivity index (χ3v) is 5.81. The number of benzene rings is 1. The molecule has 1 aliphatic heterocycles. The maximum absolute atomic E-state index is 12.3. The van der Waals surface area contributed by atoms with E-state index >= 15 is 0 Å². The Morgan fingerprint density at radius 3 is 2.67 bits per heavy atom. The van der Waals surface area contributed by atoms with E-state index in [4.69, 9.17) is 0 Å². The van der Waals surface area contributed by atoms with Crippen LogP contribution in [0.1, 0.15) is 30.7 Å². The molecular weight excluding hydrogens is 380 g/mol. The van der Waals surface area contributed by atoms with Crippen LogP contribution >= 0.6 is 23.1 Å². The van der Waals surface area contributed by atoms with Gasteiger partial charge >= 0.3 is 0 Å². The van der Waals surface area contributed by atoms with Crippen molar-refractivity contribution in [1.82, 2.24) is 10.3 Å². The maximum Gasteiger partial charge on any atom is 0.264 e.